The fourth-order valence-electron chi connectivity index (χ4n) is 2.44. The maximum atomic E-state index is 14.1. The Morgan fingerprint density at radius 1 is 1.50 bits per heavy atom. The Morgan fingerprint density at radius 3 is 2.90 bits per heavy atom. The summed E-state index contributed by atoms with van der Waals surface area (Å²) in [4.78, 5) is 31.2. The van der Waals surface area contributed by atoms with Gasteiger partial charge >= 0.3 is 5.69 Å². The quantitative estimate of drug-likeness (QED) is 0.719. The van der Waals surface area contributed by atoms with Crippen LogP contribution in [0.4, 0.5) is 10.2 Å². The molecule has 1 aliphatic heterocycles. The van der Waals surface area contributed by atoms with E-state index in [-0.39, 0.29) is 22.9 Å². The van der Waals surface area contributed by atoms with Crippen LogP contribution in [0.2, 0.25) is 0 Å². The lowest BCUT2D eigenvalue weighted by Crippen LogP contribution is -2.31. The second-order valence-corrected chi connectivity index (χ2v) is 4.98. The molecule has 7 nitrogen and oxygen atoms in total. The van der Waals surface area contributed by atoms with Crippen LogP contribution >= 0.6 is 0 Å². The molecule has 1 unspecified atom stereocenters. The van der Waals surface area contributed by atoms with Crippen molar-refractivity contribution in [3.8, 4) is 0 Å². The van der Waals surface area contributed by atoms with Crippen LogP contribution in [-0.2, 0) is 7.05 Å². The van der Waals surface area contributed by atoms with Gasteiger partial charge in [-0.3, -0.25) is 14.3 Å². The minimum atomic E-state index is -0.640. The van der Waals surface area contributed by atoms with Crippen LogP contribution in [0, 0.1) is 5.82 Å². The van der Waals surface area contributed by atoms with E-state index in [0.29, 0.717) is 13.1 Å². The molecule has 106 valence electrons. The van der Waals surface area contributed by atoms with Crippen molar-refractivity contribution in [2.75, 3.05) is 18.0 Å². The molecule has 0 radical (unpaired) electrons. The van der Waals surface area contributed by atoms with E-state index in [2.05, 4.69) is 9.97 Å². The average molecular weight is 279 g/mol. The van der Waals surface area contributed by atoms with Crippen molar-refractivity contribution in [3.05, 3.63) is 32.7 Å². The number of pyridine rings is 1. The Morgan fingerprint density at radius 2 is 2.25 bits per heavy atom. The summed E-state index contributed by atoms with van der Waals surface area (Å²) in [5.41, 5.74) is 4.75. The van der Waals surface area contributed by atoms with E-state index in [4.69, 9.17) is 5.73 Å². The van der Waals surface area contributed by atoms with Crippen molar-refractivity contribution in [2.45, 2.75) is 12.5 Å². The second kappa shape index (κ2) is 4.41. The predicted molar refractivity (Wildman–Crippen MR) is 72.4 cm³/mol. The lowest BCUT2D eigenvalue weighted by atomic mass is 10.3. The van der Waals surface area contributed by atoms with Gasteiger partial charge in [-0.1, -0.05) is 0 Å². The first-order valence-corrected chi connectivity index (χ1v) is 6.27. The fraction of sp³-hybridized carbons (Fsp3) is 0.417. The summed E-state index contributed by atoms with van der Waals surface area (Å²) in [6.45, 7) is 1.11. The average Bonchev–Trinajstić information content (AvgIpc) is 2.82. The van der Waals surface area contributed by atoms with Gasteiger partial charge in [-0.15, -0.1) is 0 Å². The Labute approximate surface area is 112 Å². The number of nitrogens with zero attached hydrogens (tertiary/aromatic N) is 3. The number of rotatable bonds is 1. The zero-order valence-electron chi connectivity index (χ0n) is 10.9. The molecular weight excluding hydrogens is 265 g/mol. The van der Waals surface area contributed by atoms with Crippen LogP contribution in [0.5, 0.6) is 0 Å². The van der Waals surface area contributed by atoms with Gasteiger partial charge in [0.2, 0.25) is 0 Å². The zero-order valence-corrected chi connectivity index (χ0v) is 10.9. The normalized spacial score (nSPS) is 18.9. The molecule has 0 amide bonds. The number of hydrogen-bond acceptors (Lipinski definition) is 5. The molecule has 3 N–H and O–H groups in total. The number of nitrogens with two attached hydrogens (primary N) is 1. The number of aromatic amines is 1. The molecule has 1 fully saturated rings. The van der Waals surface area contributed by atoms with Gasteiger partial charge in [0.15, 0.2) is 17.3 Å². The molecule has 1 saturated heterocycles. The van der Waals surface area contributed by atoms with Crippen LogP contribution in [0.15, 0.2) is 15.7 Å². The number of nitrogens with one attached hydrogen (secondary N) is 1. The molecule has 0 aliphatic carbocycles. The van der Waals surface area contributed by atoms with Crippen molar-refractivity contribution in [1.82, 2.24) is 14.5 Å². The number of anilines is 1. The van der Waals surface area contributed by atoms with Crippen molar-refractivity contribution in [2.24, 2.45) is 12.8 Å². The summed E-state index contributed by atoms with van der Waals surface area (Å²) >= 11 is 0. The first-order chi connectivity index (χ1) is 9.47. The molecule has 0 saturated carbocycles. The van der Waals surface area contributed by atoms with Gasteiger partial charge in [0.25, 0.3) is 5.56 Å². The third kappa shape index (κ3) is 1.88. The van der Waals surface area contributed by atoms with Crippen molar-refractivity contribution >= 4 is 16.9 Å². The molecule has 0 aromatic carbocycles. The minimum Gasteiger partial charge on any atom is -0.353 e. The highest BCUT2D eigenvalue weighted by molar-refractivity contribution is 5.76. The Balaban J connectivity index is 2.25. The summed E-state index contributed by atoms with van der Waals surface area (Å²) < 4.78 is 15.3. The number of H-pyrrole nitrogens is 1. The lowest BCUT2D eigenvalue weighted by molar-refractivity contribution is 0.616. The number of halogens is 1. The molecule has 2 aromatic heterocycles. The molecule has 1 atom stereocenters. The molecular formula is C12H14FN5O2. The smallest absolute Gasteiger partial charge is 0.329 e. The summed E-state index contributed by atoms with van der Waals surface area (Å²) in [6, 6.07) is 1.09. The van der Waals surface area contributed by atoms with Gasteiger partial charge in [0.05, 0.1) is 5.39 Å². The molecule has 0 spiro atoms. The van der Waals surface area contributed by atoms with E-state index in [1.54, 1.807) is 4.90 Å². The van der Waals surface area contributed by atoms with Crippen LogP contribution in [0.25, 0.3) is 11.0 Å². The Kier molecular flexibility index (Phi) is 2.82. The Bertz CT molecular complexity index is 797. The first-order valence-electron chi connectivity index (χ1n) is 6.27. The van der Waals surface area contributed by atoms with Crippen LogP contribution in [0.3, 0.4) is 0 Å². The molecule has 2 aromatic rings. The number of fused-ring (bicyclic) bond motifs is 1. The number of aromatic nitrogens is 3. The van der Waals surface area contributed by atoms with Crippen molar-refractivity contribution in [1.29, 1.82) is 0 Å². The zero-order chi connectivity index (χ0) is 14.4. The summed E-state index contributed by atoms with van der Waals surface area (Å²) in [5.74, 6) is -0.457. The van der Waals surface area contributed by atoms with Crippen molar-refractivity contribution < 1.29 is 4.39 Å². The van der Waals surface area contributed by atoms with Crippen LogP contribution < -0.4 is 21.9 Å². The van der Waals surface area contributed by atoms with E-state index in [1.165, 1.54) is 11.6 Å². The topological polar surface area (TPSA) is 97.0 Å². The maximum absolute atomic E-state index is 14.1. The predicted octanol–water partition coefficient (Wildman–Crippen LogP) is -0.702. The minimum absolute atomic E-state index is 0.0186. The SMILES string of the molecule is Cn1c(=O)[nH]c(=O)c2cc(F)c(N3CCC(N)C3)nc21. The van der Waals surface area contributed by atoms with Gasteiger partial charge in [-0.25, -0.2) is 14.2 Å². The van der Waals surface area contributed by atoms with E-state index >= 15 is 0 Å². The molecule has 0 bridgehead atoms. The summed E-state index contributed by atoms with van der Waals surface area (Å²) in [7, 11) is 1.48. The van der Waals surface area contributed by atoms with Gasteiger partial charge in [-0.2, -0.15) is 0 Å². The monoisotopic (exact) mass is 279 g/mol. The largest absolute Gasteiger partial charge is 0.353 e. The third-order valence-corrected chi connectivity index (χ3v) is 3.55. The highest BCUT2D eigenvalue weighted by Crippen LogP contribution is 2.23. The maximum Gasteiger partial charge on any atom is 0.329 e. The van der Waals surface area contributed by atoms with Crippen LogP contribution in [0.1, 0.15) is 6.42 Å². The van der Waals surface area contributed by atoms with E-state index < -0.39 is 17.1 Å². The molecule has 20 heavy (non-hydrogen) atoms. The van der Waals surface area contributed by atoms with E-state index in [1.807, 2.05) is 0 Å². The Hall–Kier alpha value is -2.22. The van der Waals surface area contributed by atoms with E-state index in [0.717, 1.165) is 12.5 Å². The fourth-order valence-corrected chi connectivity index (χ4v) is 2.44. The van der Waals surface area contributed by atoms with Gasteiger partial charge in [0, 0.05) is 26.2 Å². The molecule has 8 heteroatoms. The van der Waals surface area contributed by atoms with Crippen molar-refractivity contribution in [3.63, 3.8) is 0 Å². The standard InChI is InChI=1S/C12H14FN5O2/c1-17-9-7(11(19)16-12(17)20)4-8(13)10(15-9)18-3-2-6(14)5-18/h4,6H,2-3,5,14H2,1H3,(H,16,19,20). The van der Waals surface area contributed by atoms with Gasteiger partial charge in [-0.05, 0) is 12.5 Å². The number of aryl methyl sites for hydroxylation is 1. The highest BCUT2D eigenvalue weighted by atomic mass is 19.1. The molecule has 1 aliphatic rings. The summed E-state index contributed by atoms with van der Waals surface area (Å²) in [6.07, 6.45) is 0.757. The molecule has 3 heterocycles. The number of hydrogen-bond donors (Lipinski definition) is 2. The van der Waals surface area contributed by atoms with Gasteiger partial charge < -0.3 is 10.6 Å². The van der Waals surface area contributed by atoms with E-state index in [9.17, 15) is 14.0 Å². The summed E-state index contributed by atoms with van der Waals surface area (Å²) in [5, 5.41) is 0.0526. The third-order valence-electron chi connectivity index (χ3n) is 3.55. The van der Waals surface area contributed by atoms with Gasteiger partial charge in [0.1, 0.15) is 0 Å². The molecule has 3 rings (SSSR count). The highest BCUT2D eigenvalue weighted by Gasteiger charge is 2.24. The first kappa shape index (κ1) is 12.8. The second-order valence-electron chi connectivity index (χ2n) is 4.98. The van der Waals surface area contributed by atoms with Crippen LogP contribution in [-0.4, -0.2) is 33.7 Å². The lowest BCUT2D eigenvalue weighted by Gasteiger charge is -2.18.